The van der Waals surface area contributed by atoms with E-state index in [9.17, 15) is 14.4 Å². The van der Waals surface area contributed by atoms with E-state index in [2.05, 4.69) is 9.72 Å². The summed E-state index contributed by atoms with van der Waals surface area (Å²) in [6.07, 6.45) is 1.29. The number of aromatic nitrogens is 1. The largest absolute Gasteiger partial charge is 0.469 e. The molecule has 2 aromatic rings. The molecule has 23 heavy (non-hydrogen) atoms. The maximum atomic E-state index is 12.6. The molecule has 1 aromatic carbocycles. The van der Waals surface area contributed by atoms with Crippen LogP contribution < -0.4 is 0 Å². The normalized spacial score (nSPS) is 11.3. The van der Waals surface area contributed by atoms with Crippen LogP contribution in [0.4, 0.5) is 0 Å². The zero-order valence-electron chi connectivity index (χ0n) is 12.5. The van der Waals surface area contributed by atoms with Crippen molar-refractivity contribution < 1.29 is 23.9 Å². The van der Waals surface area contributed by atoms with Crippen molar-refractivity contribution in [2.45, 2.75) is 12.5 Å². The summed E-state index contributed by atoms with van der Waals surface area (Å²) in [5.41, 5.74) is 0.882. The number of benzene rings is 1. The van der Waals surface area contributed by atoms with E-state index in [1.807, 2.05) is 0 Å². The van der Waals surface area contributed by atoms with Crippen LogP contribution >= 0.6 is 0 Å². The van der Waals surface area contributed by atoms with Gasteiger partial charge in [0, 0.05) is 23.5 Å². The van der Waals surface area contributed by atoms with Gasteiger partial charge in [-0.25, -0.2) is 0 Å². The second-order valence-corrected chi connectivity index (χ2v) is 4.63. The molecule has 1 heterocycles. The van der Waals surface area contributed by atoms with Gasteiger partial charge in [-0.2, -0.15) is 0 Å². The van der Waals surface area contributed by atoms with Crippen LogP contribution in [0.3, 0.4) is 0 Å². The van der Waals surface area contributed by atoms with E-state index in [1.54, 1.807) is 42.5 Å². The minimum Gasteiger partial charge on any atom is -0.469 e. The maximum Gasteiger partial charge on any atom is 0.318 e. The first-order valence-electron chi connectivity index (χ1n) is 6.87. The zero-order valence-corrected chi connectivity index (χ0v) is 12.5. The molecule has 0 aliphatic heterocycles. The Morgan fingerprint density at radius 2 is 1.65 bits per heavy atom. The molecule has 118 valence electrons. The van der Waals surface area contributed by atoms with E-state index in [1.165, 1.54) is 19.5 Å². The van der Waals surface area contributed by atoms with Gasteiger partial charge in [0.15, 0.2) is 6.10 Å². The van der Waals surface area contributed by atoms with Crippen LogP contribution in [0.5, 0.6) is 0 Å². The Morgan fingerprint density at radius 1 is 1.00 bits per heavy atom. The summed E-state index contributed by atoms with van der Waals surface area (Å²) in [4.78, 5) is 39.5. The molecule has 0 aliphatic rings. The third kappa shape index (κ3) is 4.47. The fourth-order valence-electron chi connectivity index (χ4n) is 1.93. The lowest BCUT2D eigenvalue weighted by atomic mass is 10.0. The number of hydrogen-bond acceptors (Lipinski definition) is 6. The molecule has 0 saturated carbocycles. The summed E-state index contributed by atoms with van der Waals surface area (Å²) in [6, 6.07) is 11.6. The topological polar surface area (TPSA) is 82.6 Å². The molecule has 0 aliphatic carbocycles. The van der Waals surface area contributed by atoms with Crippen molar-refractivity contribution >= 4 is 17.7 Å². The lowest BCUT2D eigenvalue weighted by Gasteiger charge is -2.17. The van der Waals surface area contributed by atoms with Crippen molar-refractivity contribution in [2.75, 3.05) is 7.11 Å². The van der Waals surface area contributed by atoms with Gasteiger partial charge in [-0.3, -0.25) is 19.4 Å². The highest BCUT2D eigenvalue weighted by Gasteiger charge is 2.27. The molecule has 0 saturated heterocycles. The average molecular weight is 313 g/mol. The van der Waals surface area contributed by atoms with Crippen LogP contribution in [0, 0.1) is 0 Å². The SMILES string of the molecule is COC(=O)CC(=O)OC(C(=O)c1ccccc1)c1ccncc1. The average Bonchev–Trinajstić information content (AvgIpc) is 2.60. The summed E-state index contributed by atoms with van der Waals surface area (Å²) in [5.74, 6) is -1.94. The minimum absolute atomic E-state index is 0.380. The van der Waals surface area contributed by atoms with Gasteiger partial charge >= 0.3 is 11.9 Å². The van der Waals surface area contributed by atoms with Gasteiger partial charge in [0.05, 0.1) is 7.11 Å². The van der Waals surface area contributed by atoms with Crippen LogP contribution in [-0.2, 0) is 19.1 Å². The fraction of sp³-hybridized carbons (Fsp3) is 0.176. The van der Waals surface area contributed by atoms with E-state index in [4.69, 9.17) is 4.74 Å². The number of methoxy groups -OCH3 is 1. The monoisotopic (exact) mass is 313 g/mol. The number of pyridine rings is 1. The second-order valence-electron chi connectivity index (χ2n) is 4.63. The molecular formula is C17H15NO5. The molecule has 0 bridgehead atoms. The van der Waals surface area contributed by atoms with Gasteiger partial charge in [0.1, 0.15) is 6.42 Å². The first-order valence-corrected chi connectivity index (χ1v) is 6.87. The number of esters is 2. The number of rotatable bonds is 6. The van der Waals surface area contributed by atoms with Crippen LogP contribution in [0.2, 0.25) is 0 Å². The third-order valence-corrected chi connectivity index (χ3v) is 3.07. The predicted molar refractivity (Wildman–Crippen MR) is 80.5 cm³/mol. The minimum atomic E-state index is -1.14. The summed E-state index contributed by atoms with van der Waals surface area (Å²) < 4.78 is 9.63. The Bertz CT molecular complexity index is 685. The van der Waals surface area contributed by atoms with Crippen LogP contribution in [0.1, 0.15) is 28.4 Å². The maximum absolute atomic E-state index is 12.6. The number of ether oxygens (including phenoxy) is 2. The number of nitrogens with zero attached hydrogens (tertiary/aromatic N) is 1. The molecule has 1 unspecified atom stereocenters. The molecule has 0 N–H and O–H groups in total. The van der Waals surface area contributed by atoms with Crippen molar-refractivity contribution in [1.29, 1.82) is 0 Å². The van der Waals surface area contributed by atoms with Gasteiger partial charge in [0.25, 0.3) is 0 Å². The van der Waals surface area contributed by atoms with E-state index in [0.717, 1.165) is 0 Å². The van der Waals surface area contributed by atoms with E-state index < -0.39 is 24.5 Å². The van der Waals surface area contributed by atoms with Crippen LogP contribution in [-0.4, -0.2) is 29.8 Å². The zero-order chi connectivity index (χ0) is 16.7. The lowest BCUT2D eigenvalue weighted by Crippen LogP contribution is -2.22. The number of ketones is 1. The molecule has 1 aromatic heterocycles. The van der Waals surface area contributed by atoms with Crippen molar-refractivity contribution in [3.8, 4) is 0 Å². The first kappa shape index (κ1) is 16.4. The summed E-state index contributed by atoms with van der Waals surface area (Å²) in [7, 11) is 1.17. The number of hydrogen-bond donors (Lipinski definition) is 0. The molecule has 0 amide bonds. The lowest BCUT2D eigenvalue weighted by molar-refractivity contribution is -0.155. The molecule has 1 atom stereocenters. The number of carbonyl (C=O) groups is 3. The van der Waals surface area contributed by atoms with Gasteiger partial charge in [0.2, 0.25) is 5.78 Å². The molecule has 0 radical (unpaired) electrons. The van der Waals surface area contributed by atoms with E-state index in [-0.39, 0.29) is 5.78 Å². The summed E-state index contributed by atoms with van der Waals surface area (Å²) in [6.45, 7) is 0. The van der Waals surface area contributed by atoms with Gasteiger partial charge in [-0.05, 0) is 12.1 Å². The molecule has 0 spiro atoms. The van der Waals surface area contributed by atoms with E-state index in [0.29, 0.717) is 11.1 Å². The Balaban J connectivity index is 2.24. The quantitative estimate of drug-likeness (QED) is 0.461. The van der Waals surface area contributed by atoms with Crippen molar-refractivity contribution in [3.63, 3.8) is 0 Å². The Kier molecular flexibility index (Phi) is 5.57. The highest BCUT2D eigenvalue weighted by atomic mass is 16.6. The number of Topliss-reactive ketones (excluding diaryl/α,β-unsaturated/α-hetero) is 1. The van der Waals surface area contributed by atoms with Gasteiger partial charge in [-0.15, -0.1) is 0 Å². The number of carbonyl (C=O) groups excluding carboxylic acids is 3. The second kappa shape index (κ2) is 7.84. The standard InChI is InChI=1S/C17H15NO5/c1-22-14(19)11-15(20)23-17(13-7-9-18-10-8-13)16(21)12-5-3-2-4-6-12/h2-10,17H,11H2,1H3. The first-order chi connectivity index (χ1) is 11.1. The van der Waals surface area contributed by atoms with Gasteiger partial charge in [-0.1, -0.05) is 30.3 Å². The summed E-state index contributed by atoms with van der Waals surface area (Å²) >= 11 is 0. The highest BCUT2D eigenvalue weighted by Crippen LogP contribution is 2.22. The Morgan fingerprint density at radius 3 is 2.26 bits per heavy atom. The van der Waals surface area contributed by atoms with Crippen LogP contribution in [0.25, 0.3) is 0 Å². The van der Waals surface area contributed by atoms with Crippen molar-refractivity contribution in [3.05, 3.63) is 66.0 Å². The fourth-order valence-corrected chi connectivity index (χ4v) is 1.93. The predicted octanol–water partition coefficient (Wildman–Crippen LogP) is 2.11. The molecule has 6 nitrogen and oxygen atoms in total. The van der Waals surface area contributed by atoms with Crippen molar-refractivity contribution in [1.82, 2.24) is 4.98 Å². The Labute approximate surface area is 133 Å². The molecular weight excluding hydrogens is 298 g/mol. The highest BCUT2D eigenvalue weighted by molar-refractivity contribution is 6.01. The van der Waals surface area contributed by atoms with E-state index >= 15 is 0 Å². The molecule has 6 heteroatoms. The Hall–Kier alpha value is -3.02. The van der Waals surface area contributed by atoms with Gasteiger partial charge < -0.3 is 9.47 Å². The van der Waals surface area contributed by atoms with Crippen LogP contribution in [0.15, 0.2) is 54.9 Å². The smallest absolute Gasteiger partial charge is 0.318 e. The van der Waals surface area contributed by atoms with Crippen molar-refractivity contribution in [2.24, 2.45) is 0 Å². The summed E-state index contributed by atoms with van der Waals surface area (Å²) in [5, 5.41) is 0. The molecule has 2 rings (SSSR count). The molecule has 0 fully saturated rings. The third-order valence-electron chi connectivity index (χ3n) is 3.07.